The smallest absolute Gasteiger partial charge is 0.389 e. The van der Waals surface area contributed by atoms with Crippen LogP contribution in [0.25, 0.3) is 0 Å². The summed E-state index contributed by atoms with van der Waals surface area (Å²) in [4.78, 5) is 25.6. The molecule has 3 rings (SSSR count). The molecular weight excluding hydrogens is 385 g/mol. The maximum Gasteiger partial charge on any atom is 0.389 e. The topological polar surface area (TPSA) is 69.6 Å². The van der Waals surface area contributed by atoms with Gasteiger partial charge in [0, 0.05) is 19.0 Å². The van der Waals surface area contributed by atoms with E-state index < -0.39 is 30.2 Å². The van der Waals surface area contributed by atoms with Crippen LogP contribution in [-0.2, 0) is 9.59 Å². The van der Waals surface area contributed by atoms with Gasteiger partial charge >= 0.3 is 6.18 Å². The second kappa shape index (κ2) is 8.88. The summed E-state index contributed by atoms with van der Waals surface area (Å²) in [5.41, 5.74) is 1.22. The first-order chi connectivity index (χ1) is 13.7. The van der Waals surface area contributed by atoms with Crippen LogP contribution in [0.3, 0.4) is 0 Å². The molecule has 158 valence electrons. The van der Waals surface area contributed by atoms with Gasteiger partial charge in [-0.2, -0.15) is 13.2 Å². The lowest BCUT2D eigenvalue weighted by Crippen LogP contribution is -2.39. The van der Waals surface area contributed by atoms with Crippen LogP contribution in [0.1, 0.15) is 50.0 Å². The standard InChI is InChI=1S/C21H25F3N2O3/c22-21(23,24)11-4-12-26-13-17(18(27)20(26)29)19(28)25-16-9-7-15(8-10-16)14-5-2-1-3-6-14/h1-3,5-6,15-16,27H,4,7-13H2,(H,25,28). The molecule has 0 unspecified atom stereocenters. The minimum Gasteiger partial charge on any atom is -0.503 e. The maximum atomic E-state index is 12.5. The molecule has 0 aromatic heterocycles. The van der Waals surface area contributed by atoms with Crippen molar-refractivity contribution in [1.29, 1.82) is 0 Å². The molecule has 1 aliphatic heterocycles. The van der Waals surface area contributed by atoms with E-state index >= 15 is 0 Å². The van der Waals surface area contributed by atoms with Gasteiger partial charge in [0.1, 0.15) is 0 Å². The molecule has 8 heteroatoms. The number of nitrogens with one attached hydrogen (secondary N) is 1. The van der Waals surface area contributed by atoms with Gasteiger partial charge in [-0.1, -0.05) is 30.3 Å². The van der Waals surface area contributed by atoms with Crippen LogP contribution >= 0.6 is 0 Å². The fourth-order valence-corrected chi connectivity index (χ4v) is 4.02. The van der Waals surface area contributed by atoms with E-state index in [1.165, 1.54) is 5.56 Å². The normalized spacial score (nSPS) is 22.9. The number of hydrogen-bond donors (Lipinski definition) is 2. The zero-order valence-corrected chi connectivity index (χ0v) is 16.0. The van der Waals surface area contributed by atoms with Crippen LogP contribution in [0.5, 0.6) is 0 Å². The molecule has 1 aliphatic carbocycles. The van der Waals surface area contributed by atoms with E-state index in [4.69, 9.17) is 0 Å². The number of halogens is 3. The molecule has 0 spiro atoms. The molecule has 0 atom stereocenters. The number of alkyl halides is 3. The molecule has 2 amide bonds. The Bertz CT molecular complexity index is 769. The SMILES string of the molecule is O=C(NC1CCC(c2ccccc2)CC1)C1=C(O)C(=O)N(CCCC(F)(F)F)C1. The lowest BCUT2D eigenvalue weighted by Gasteiger charge is -2.29. The average molecular weight is 410 g/mol. The van der Waals surface area contributed by atoms with Crippen molar-refractivity contribution in [2.24, 2.45) is 0 Å². The quantitative estimate of drug-likeness (QED) is 0.749. The Morgan fingerprint density at radius 3 is 2.41 bits per heavy atom. The Labute approximate surface area is 167 Å². The van der Waals surface area contributed by atoms with Crippen molar-refractivity contribution < 1.29 is 27.9 Å². The number of hydrogen-bond acceptors (Lipinski definition) is 3. The summed E-state index contributed by atoms with van der Waals surface area (Å²) in [5, 5.41) is 12.9. The van der Waals surface area contributed by atoms with Crippen molar-refractivity contribution in [2.75, 3.05) is 13.1 Å². The predicted octanol–water partition coefficient (Wildman–Crippen LogP) is 3.83. The molecule has 0 bridgehead atoms. The fourth-order valence-electron chi connectivity index (χ4n) is 4.02. The van der Waals surface area contributed by atoms with E-state index in [1.54, 1.807) is 0 Å². The maximum absolute atomic E-state index is 12.5. The molecule has 2 N–H and O–H groups in total. The zero-order chi connectivity index (χ0) is 21.0. The van der Waals surface area contributed by atoms with Gasteiger partial charge in [0.25, 0.3) is 11.8 Å². The number of benzene rings is 1. The lowest BCUT2D eigenvalue weighted by molar-refractivity contribution is -0.139. The Morgan fingerprint density at radius 2 is 1.79 bits per heavy atom. The lowest BCUT2D eigenvalue weighted by atomic mass is 9.82. The van der Waals surface area contributed by atoms with Gasteiger partial charge in [0.2, 0.25) is 0 Å². The van der Waals surface area contributed by atoms with E-state index in [0.717, 1.165) is 30.6 Å². The van der Waals surface area contributed by atoms with E-state index in [1.807, 2.05) is 18.2 Å². The highest BCUT2D eigenvalue weighted by Gasteiger charge is 2.35. The summed E-state index contributed by atoms with van der Waals surface area (Å²) in [7, 11) is 0. The zero-order valence-electron chi connectivity index (χ0n) is 16.0. The molecule has 1 saturated carbocycles. The highest BCUT2D eigenvalue weighted by molar-refractivity contribution is 6.07. The molecular formula is C21H25F3N2O3. The van der Waals surface area contributed by atoms with Gasteiger partial charge in [-0.3, -0.25) is 9.59 Å². The van der Waals surface area contributed by atoms with Crippen molar-refractivity contribution >= 4 is 11.8 Å². The third-order valence-corrected chi connectivity index (χ3v) is 5.62. The molecule has 5 nitrogen and oxygen atoms in total. The number of nitrogens with zero attached hydrogens (tertiary/aromatic N) is 1. The minimum absolute atomic E-state index is 0.0443. The fraction of sp³-hybridized carbons (Fsp3) is 0.524. The highest BCUT2D eigenvalue weighted by Crippen LogP contribution is 2.33. The van der Waals surface area contributed by atoms with E-state index in [0.29, 0.717) is 5.92 Å². The van der Waals surface area contributed by atoms with Gasteiger partial charge < -0.3 is 15.3 Å². The monoisotopic (exact) mass is 410 g/mol. The summed E-state index contributed by atoms with van der Waals surface area (Å²) < 4.78 is 36.8. The summed E-state index contributed by atoms with van der Waals surface area (Å²) in [6, 6.07) is 10.2. The Kier molecular flexibility index (Phi) is 6.49. The van der Waals surface area contributed by atoms with E-state index in [2.05, 4.69) is 17.4 Å². The van der Waals surface area contributed by atoms with Crippen LogP contribution in [0, 0.1) is 0 Å². The summed E-state index contributed by atoms with van der Waals surface area (Å²) in [6.07, 6.45) is -2.11. The molecule has 1 fully saturated rings. The van der Waals surface area contributed by atoms with Crippen LogP contribution < -0.4 is 5.32 Å². The summed E-state index contributed by atoms with van der Waals surface area (Å²) in [5.74, 6) is -1.51. The average Bonchev–Trinajstić information content (AvgIpc) is 2.97. The van der Waals surface area contributed by atoms with E-state index in [9.17, 15) is 27.9 Å². The second-order valence-electron chi connectivity index (χ2n) is 7.71. The minimum atomic E-state index is -4.29. The Morgan fingerprint density at radius 1 is 1.14 bits per heavy atom. The van der Waals surface area contributed by atoms with Gasteiger partial charge in [-0.25, -0.2) is 0 Å². The van der Waals surface area contributed by atoms with Gasteiger partial charge in [0.05, 0.1) is 12.1 Å². The Balaban J connectivity index is 1.49. The third kappa shape index (κ3) is 5.52. The first-order valence-corrected chi connectivity index (χ1v) is 9.88. The molecule has 1 aromatic carbocycles. The van der Waals surface area contributed by atoms with Crippen molar-refractivity contribution in [3.05, 3.63) is 47.2 Å². The molecule has 1 aromatic rings. The Hall–Kier alpha value is -2.51. The number of carbonyl (C=O) groups is 2. The van der Waals surface area contributed by atoms with Crippen LogP contribution in [-0.4, -0.2) is 47.1 Å². The second-order valence-corrected chi connectivity index (χ2v) is 7.71. The van der Waals surface area contributed by atoms with Crippen molar-refractivity contribution in [2.45, 2.75) is 56.7 Å². The van der Waals surface area contributed by atoms with Gasteiger partial charge in [-0.15, -0.1) is 0 Å². The van der Waals surface area contributed by atoms with Crippen LogP contribution in [0.15, 0.2) is 41.7 Å². The van der Waals surface area contributed by atoms with Crippen LogP contribution in [0.4, 0.5) is 13.2 Å². The third-order valence-electron chi connectivity index (χ3n) is 5.62. The van der Waals surface area contributed by atoms with Crippen LogP contribution in [0.2, 0.25) is 0 Å². The molecule has 0 saturated heterocycles. The first-order valence-electron chi connectivity index (χ1n) is 9.88. The van der Waals surface area contributed by atoms with Crippen molar-refractivity contribution in [1.82, 2.24) is 10.2 Å². The van der Waals surface area contributed by atoms with E-state index in [-0.39, 0.29) is 31.1 Å². The molecule has 0 radical (unpaired) electrons. The molecule has 1 heterocycles. The number of amides is 2. The number of aliphatic hydroxyl groups is 1. The summed E-state index contributed by atoms with van der Waals surface area (Å²) >= 11 is 0. The number of aliphatic hydroxyl groups excluding tert-OH is 1. The molecule has 29 heavy (non-hydrogen) atoms. The number of carbonyl (C=O) groups excluding carboxylic acids is 2. The largest absolute Gasteiger partial charge is 0.503 e. The first kappa shape index (κ1) is 21.2. The number of rotatable bonds is 6. The van der Waals surface area contributed by atoms with Gasteiger partial charge in [0.15, 0.2) is 5.76 Å². The highest BCUT2D eigenvalue weighted by atomic mass is 19.4. The molecule has 2 aliphatic rings. The summed E-state index contributed by atoms with van der Waals surface area (Å²) in [6.45, 7) is -0.310. The van der Waals surface area contributed by atoms with Gasteiger partial charge in [-0.05, 0) is 43.6 Å². The van der Waals surface area contributed by atoms with Crippen molar-refractivity contribution in [3.8, 4) is 0 Å². The van der Waals surface area contributed by atoms with Crippen molar-refractivity contribution in [3.63, 3.8) is 0 Å². The predicted molar refractivity (Wildman–Crippen MR) is 101 cm³/mol.